The second-order valence-corrected chi connectivity index (χ2v) is 17.3. The fourth-order valence-electron chi connectivity index (χ4n) is 6.54. The Morgan fingerprint density at radius 3 is 2.30 bits per heavy atom. The number of carbonyl (C=O) groups is 3. The standard InChI is InChI=1S/C38H40ClF3N4O6S.CH4/c1-5-24-20-37(24,35(49)45-53(50,51)30-14-15-30)44-33(47)31-17-23-16-29(52-28-11-7-9-26(39)19-28)13-12-22(23)21-46(31)34(48)32(36(2,3)4)43-27-10-6-8-25(18-27)38(40,41)42;/h5-13,16,18-19,24,30-32,43H,1,14-15,17,20-21H2,2-4H3,(H,44,47)(H,45,49);1H4/t24-,31-,32-,37-;/m1./s1. The summed E-state index contributed by atoms with van der Waals surface area (Å²) in [6, 6.07) is 14.2. The molecule has 54 heavy (non-hydrogen) atoms. The Morgan fingerprint density at radius 1 is 1.00 bits per heavy atom. The monoisotopic (exact) mass is 788 g/mol. The van der Waals surface area contributed by atoms with Crippen LogP contribution in [-0.2, 0) is 43.5 Å². The molecule has 0 unspecified atom stereocenters. The second-order valence-electron chi connectivity index (χ2n) is 14.9. The van der Waals surface area contributed by atoms with E-state index >= 15 is 0 Å². The third-order valence-corrected chi connectivity index (χ3v) is 11.8. The molecule has 0 bridgehead atoms. The Hall–Kier alpha value is -4.56. The molecule has 3 aromatic rings. The molecule has 10 nitrogen and oxygen atoms in total. The Balaban J connectivity index is 0.00000561. The van der Waals surface area contributed by atoms with Crippen LogP contribution in [0.4, 0.5) is 18.9 Å². The zero-order chi connectivity index (χ0) is 38.5. The van der Waals surface area contributed by atoms with Crippen LogP contribution in [0.15, 0.2) is 79.4 Å². The van der Waals surface area contributed by atoms with Gasteiger partial charge in [-0.2, -0.15) is 13.2 Å². The quantitative estimate of drug-likeness (QED) is 0.175. The molecule has 2 saturated carbocycles. The molecule has 15 heteroatoms. The van der Waals surface area contributed by atoms with Crippen molar-refractivity contribution in [1.29, 1.82) is 0 Å². The topological polar surface area (TPSA) is 134 Å². The summed E-state index contributed by atoms with van der Waals surface area (Å²) in [6.07, 6.45) is -2.20. The summed E-state index contributed by atoms with van der Waals surface area (Å²) in [5, 5.41) is 5.56. The van der Waals surface area contributed by atoms with Gasteiger partial charge < -0.3 is 20.3 Å². The van der Waals surface area contributed by atoms with E-state index in [0.29, 0.717) is 40.5 Å². The van der Waals surface area contributed by atoms with Gasteiger partial charge in [0.15, 0.2) is 0 Å². The molecular weight excluding hydrogens is 745 g/mol. The van der Waals surface area contributed by atoms with Gasteiger partial charge in [0.05, 0.1) is 10.8 Å². The van der Waals surface area contributed by atoms with Gasteiger partial charge >= 0.3 is 6.18 Å². The molecule has 0 saturated heterocycles. The van der Waals surface area contributed by atoms with Crippen molar-refractivity contribution >= 4 is 45.0 Å². The largest absolute Gasteiger partial charge is 0.457 e. The molecule has 2 aliphatic carbocycles. The maximum absolute atomic E-state index is 14.7. The Bertz CT molecular complexity index is 2070. The highest BCUT2D eigenvalue weighted by atomic mass is 35.5. The zero-order valence-electron chi connectivity index (χ0n) is 29.3. The minimum Gasteiger partial charge on any atom is -0.457 e. The van der Waals surface area contributed by atoms with Crippen LogP contribution in [0.5, 0.6) is 11.5 Å². The molecule has 4 atom stereocenters. The fraction of sp³-hybridized carbons (Fsp3) is 0.410. The summed E-state index contributed by atoms with van der Waals surface area (Å²) < 4.78 is 74.3. The van der Waals surface area contributed by atoms with E-state index in [1.807, 2.05) is 0 Å². The highest BCUT2D eigenvalue weighted by Gasteiger charge is 2.61. The van der Waals surface area contributed by atoms with Gasteiger partial charge in [-0.25, -0.2) is 8.42 Å². The van der Waals surface area contributed by atoms with E-state index in [9.17, 15) is 36.0 Å². The van der Waals surface area contributed by atoms with E-state index in [-0.39, 0.29) is 32.5 Å². The van der Waals surface area contributed by atoms with Crippen LogP contribution in [0.1, 0.15) is 64.2 Å². The molecule has 3 amide bonds. The van der Waals surface area contributed by atoms with E-state index in [0.717, 1.165) is 12.1 Å². The number of anilines is 1. The first-order valence-corrected chi connectivity index (χ1v) is 19.0. The number of benzene rings is 3. The van der Waals surface area contributed by atoms with E-state index in [2.05, 4.69) is 21.9 Å². The van der Waals surface area contributed by atoms with E-state index in [4.69, 9.17) is 16.3 Å². The molecule has 3 aliphatic rings. The van der Waals surface area contributed by atoms with Crippen LogP contribution in [0.2, 0.25) is 5.02 Å². The van der Waals surface area contributed by atoms with Crippen molar-refractivity contribution in [2.24, 2.45) is 11.3 Å². The minimum absolute atomic E-state index is 0. The van der Waals surface area contributed by atoms with Crippen molar-refractivity contribution in [1.82, 2.24) is 14.9 Å². The SMILES string of the molecule is C.C=C[C@@H]1C[C@]1(NC(=O)[C@H]1Cc2cc(Oc3cccc(Cl)c3)ccc2CN1C(=O)[C@@H](Nc1cccc(C(F)(F)F)c1)C(C)(C)C)C(=O)NS(=O)(=O)C1CC1. The smallest absolute Gasteiger partial charge is 0.416 e. The highest BCUT2D eigenvalue weighted by Crippen LogP contribution is 2.46. The Labute approximate surface area is 318 Å². The fourth-order valence-corrected chi connectivity index (χ4v) is 8.08. The van der Waals surface area contributed by atoms with Crippen LogP contribution < -0.4 is 20.1 Å². The summed E-state index contributed by atoms with van der Waals surface area (Å²) in [4.78, 5) is 43.9. The second kappa shape index (κ2) is 14.9. The van der Waals surface area contributed by atoms with Gasteiger partial charge in [0.1, 0.15) is 29.1 Å². The molecule has 290 valence electrons. The van der Waals surface area contributed by atoms with Gasteiger partial charge in [0, 0.05) is 29.6 Å². The molecule has 0 aromatic heterocycles. The average molecular weight is 789 g/mol. The van der Waals surface area contributed by atoms with Crippen LogP contribution in [-0.4, -0.2) is 53.9 Å². The lowest BCUT2D eigenvalue weighted by molar-refractivity contribution is -0.145. The van der Waals surface area contributed by atoms with Gasteiger partial charge in [0.2, 0.25) is 21.8 Å². The van der Waals surface area contributed by atoms with Crippen molar-refractivity contribution in [2.45, 2.75) is 89.5 Å². The number of halogens is 4. The van der Waals surface area contributed by atoms with Crippen LogP contribution in [0, 0.1) is 11.3 Å². The predicted octanol–water partition coefficient (Wildman–Crippen LogP) is 7.24. The number of rotatable bonds is 11. The maximum Gasteiger partial charge on any atom is 0.416 e. The van der Waals surface area contributed by atoms with Crippen molar-refractivity contribution in [2.75, 3.05) is 5.32 Å². The number of ether oxygens (including phenoxy) is 1. The molecule has 3 aromatic carbocycles. The zero-order valence-corrected chi connectivity index (χ0v) is 30.9. The lowest BCUT2D eigenvalue weighted by Gasteiger charge is -2.41. The Morgan fingerprint density at radius 2 is 1.69 bits per heavy atom. The first kappa shape index (κ1) is 40.6. The number of carbonyl (C=O) groups excluding carboxylic acids is 3. The Kier molecular flexibility index (Phi) is 11.2. The number of amides is 3. The third-order valence-electron chi connectivity index (χ3n) is 9.79. The van der Waals surface area contributed by atoms with Crippen molar-refractivity contribution in [3.63, 3.8) is 0 Å². The molecule has 0 radical (unpaired) electrons. The van der Waals surface area contributed by atoms with Crippen LogP contribution in [0.25, 0.3) is 0 Å². The van der Waals surface area contributed by atoms with Crippen molar-refractivity contribution in [3.8, 4) is 11.5 Å². The molecular formula is C39H44ClF3N4O6S. The summed E-state index contributed by atoms with van der Waals surface area (Å²) in [6.45, 7) is 8.95. The van der Waals surface area contributed by atoms with Gasteiger partial charge in [-0.1, -0.05) is 64.1 Å². The predicted molar refractivity (Wildman–Crippen MR) is 200 cm³/mol. The van der Waals surface area contributed by atoms with Crippen molar-refractivity contribution in [3.05, 3.63) is 101 Å². The minimum atomic E-state index is -4.61. The van der Waals surface area contributed by atoms with Gasteiger partial charge in [-0.15, -0.1) is 6.58 Å². The molecule has 3 N–H and O–H groups in total. The average Bonchev–Trinajstić information content (AvgIpc) is 4.01. The summed E-state index contributed by atoms with van der Waals surface area (Å²) in [7, 11) is -3.94. The van der Waals surface area contributed by atoms with E-state index in [1.165, 1.54) is 23.1 Å². The van der Waals surface area contributed by atoms with Gasteiger partial charge in [0.25, 0.3) is 5.91 Å². The van der Waals surface area contributed by atoms with E-state index in [1.54, 1.807) is 63.2 Å². The van der Waals surface area contributed by atoms with Crippen LogP contribution >= 0.6 is 11.6 Å². The molecule has 6 rings (SSSR count). The number of nitrogens with zero attached hydrogens (tertiary/aromatic N) is 1. The van der Waals surface area contributed by atoms with Gasteiger partial charge in [-0.3, -0.25) is 19.1 Å². The summed E-state index contributed by atoms with van der Waals surface area (Å²) in [5.74, 6) is -1.80. The third kappa shape index (κ3) is 8.70. The first-order valence-electron chi connectivity index (χ1n) is 17.1. The molecule has 1 aliphatic heterocycles. The number of fused-ring (bicyclic) bond motifs is 1. The van der Waals surface area contributed by atoms with Gasteiger partial charge in [-0.05, 0) is 84.3 Å². The van der Waals surface area contributed by atoms with Crippen LogP contribution in [0.3, 0.4) is 0 Å². The molecule has 2 fully saturated rings. The normalized spacial score (nSPS) is 21.4. The lowest BCUT2D eigenvalue weighted by atomic mass is 9.84. The molecule has 0 spiro atoms. The van der Waals surface area contributed by atoms with Crippen molar-refractivity contribution < 1.29 is 40.7 Å². The number of hydrogen-bond donors (Lipinski definition) is 3. The number of sulfonamides is 1. The number of alkyl halides is 3. The highest BCUT2D eigenvalue weighted by molar-refractivity contribution is 7.91. The molecule has 1 heterocycles. The summed E-state index contributed by atoms with van der Waals surface area (Å²) >= 11 is 6.13. The number of hydrogen-bond acceptors (Lipinski definition) is 7. The lowest BCUT2D eigenvalue weighted by Crippen LogP contribution is -2.61. The first-order chi connectivity index (χ1) is 24.8. The summed E-state index contributed by atoms with van der Waals surface area (Å²) in [5.41, 5.74) is -1.91. The number of nitrogens with one attached hydrogen (secondary N) is 3. The maximum atomic E-state index is 14.7. The van der Waals surface area contributed by atoms with E-state index < -0.39 is 73.7 Å².